The second-order valence-electron chi connectivity index (χ2n) is 1.40. The molecule has 0 radical (unpaired) electrons. The molecule has 0 aromatic carbocycles. The third-order valence-corrected chi connectivity index (χ3v) is 0.528. The van der Waals surface area contributed by atoms with Gasteiger partial charge in [0.15, 0.2) is 0 Å². The van der Waals surface area contributed by atoms with E-state index in [1.807, 2.05) is 0 Å². The van der Waals surface area contributed by atoms with Crippen LogP contribution in [0.25, 0.3) is 0 Å². The quantitative estimate of drug-likeness (QED) is 0.428. The normalized spacial score (nSPS) is 6.20. The smallest absolute Gasteiger partial charge is 0.327 e. The summed E-state index contributed by atoms with van der Waals surface area (Å²) in [6.45, 7) is 6.15. The van der Waals surface area contributed by atoms with Crippen molar-refractivity contribution >= 4 is 5.97 Å². The predicted octanol–water partition coefficient (Wildman–Crippen LogP) is -3.10. The van der Waals surface area contributed by atoms with E-state index in [1.54, 1.807) is 0 Å². The van der Waals surface area contributed by atoms with Crippen molar-refractivity contribution in [3.05, 3.63) is 12.7 Å². The van der Waals surface area contributed by atoms with E-state index in [-0.39, 0.29) is 12.4 Å². The van der Waals surface area contributed by atoms with Gasteiger partial charge in [-0.2, -0.15) is 0 Å². The van der Waals surface area contributed by atoms with Crippen LogP contribution in [0, 0.1) is 0 Å². The third kappa shape index (κ3) is 51.4. The predicted molar refractivity (Wildman–Crippen MR) is 35.9 cm³/mol. The van der Waals surface area contributed by atoms with Crippen LogP contribution in [0.5, 0.6) is 0 Å². The molecule has 0 aromatic rings. The van der Waals surface area contributed by atoms with Crippen LogP contribution in [0.4, 0.5) is 0 Å². The molecule has 0 aromatic heterocycles. The summed E-state index contributed by atoms with van der Waals surface area (Å²) in [5.74, 6) is -0.981. The summed E-state index contributed by atoms with van der Waals surface area (Å²) in [6.07, 6.45) is 2.04. The first kappa shape index (κ1) is 16.2. The second kappa shape index (κ2) is 15.8. The second-order valence-corrected chi connectivity index (χ2v) is 1.40. The van der Waals surface area contributed by atoms with Gasteiger partial charge in [-0.25, -0.2) is 4.79 Å². The molecule has 0 amide bonds. The number of aliphatic carboxylic acids is 1. The maximum Gasteiger partial charge on any atom is 0.327 e. The highest BCUT2D eigenvalue weighted by Gasteiger charge is 1.73. The summed E-state index contributed by atoms with van der Waals surface area (Å²) < 4.78 is 0. The lowest BCUT2D eigenvalue weighted by Crippen LogP contribution is -3.00. The van der Waals surface area contributed by atoms with E-state index in [4.69, 9.17) is 5.11 Å². The molecule has 0 saturated carbocycles. The Kier molecular flexibility index (Phi) is 25.6. The van der Waals surface area contributed by atoms with Crippen molar-refractivity contribution in [2.24, 2.45) is 0 Å². The lowest BCUT2D eigenvalue weighted by Gasteiger charge is -1.66. The molecule has 0 rings (SSSR count). The Morgan fingerprint density at radius 1 is 1.80 bits per heavy atom. The molecule has 4 heteroatoms. The van der Waals surface area contributed by atoms with Gasteiger partial charge in [-0.05, 0) is 6.42 Å². The van der Waals surface area contributed by atoms with Crippen molar-refractivity contribution in [3.8, 4) is 0 Å². The Labute approximate surface area is 67.3 Å². The first-order chi connectivity index (χ1) is 4.18. The molecule has 0 aliphatic carbocycles. The summed E-state index contributed by atoms with van der Waals surface area (Å²) in [6, 6.07) is 0. The molecule has 0 atom stereocenters. The van der Waals surface area contributed by atoms with Crippen LogP contribution < -0.4 is 18.1 Å². The Morgan fingerprint density at radius 2 is 2.00 bits per heavy atom. The van der Waals surface area contributed by atoms with E-state index in [2.05, 4.69) is 19.2 Å². The van der Waals surface area contributed by atoms with Gasteiger partial charge in [-0.15, -0.1) is 0 Å². The Bertz CT molecular complexity index is 83.8. The van der Waals surface area contributed by atoms with Crippen LogP contribution in [-0.4, -0.2) is 17.6 Å². The van der Waals surface area contributed by atoms with E-state index in [9.17, 15) is 4.79 Å². The molecule has 0 aliphatic rings. The number of carboxylic acid groups (broad SMARTS) is 1. The van der Waals surface area contributed by atoms with Gasteiger partial charge in [0.2, 0.25) is 0 Å². The minimum absolute atomic E-state index is 0. The number of carboxylic acids is 1. The molecule has 0 saturated heterocycles. The number of quaternary nitrogens is 1. The van der Waals surface area contributed by atoms with Crippen LogP contribution in [-0.2, 0) is 4.79 Å². The van der Waals surface area contributed by atoms with Gasteiger partial charge < -0.3 is 23.2 Å². The van der Waals surface area contributed by atoms with Crippen molar-refractivity contribution < 1.29 is 28.0 Å². The maximum absolute atomic E-state index is 9.25. The molecule has 0 fully saturated rings. The van der Waals surface area contributed by atoms with Gasteiger partial charge >= 0.3 is 5.97 Å². The molecular weight excluding hydrogens is 154 g/mol. The zero-order valence-electron chi connectivity index (χ0n) is 6.14. The molecule has 4 N–H and O–H groups in total. The van der Waals surface area contributed by atoms with Crippen molar-refractivity contribution in [1.29, 1.82) is 0 Å². The zero-order chi connectivity index (χ0) is 7.70. The molecule has 0 aliphatic heterocycles. The Hall–Kier alpha value is -0.540. The van der Waals surface area contributed by atoms with E-state index in [0.29, 0.717) is 0 Å². The minimum Gasteiger partial charge on any atom is -1.00 e. The van der Waals surface area contributed by atoms with Crippen LogP contribution >= 0.6 is 0 Å². The summed E-state index contributed by atoms with van der Waals surface area (Å²) in [7, 11) is 0. The summed E-state index contributed by atoms with van der Waals surface area (Å²) in [4.78, 5) is 9.25. The Balaban J connectivity index is -0.0000000910. The molecule has 0 unspecified atom stereocenters. The molecule has 0 heterocycles. The highest BCUT2D eigenvalue weighted by Crippen LogP contribution is 1.55. The van der Waals surface area contributed by atoms with Gasteiger partial charge in [-0.3, -0.25) is 0 Å². The van der Waals surface area contributed by atoms with Crippen LogP contribution in [0.2, 0.25) is 0 Å². The first-order valence-electron chi connectivity index (χ1n) is 2.83. The zero-order valence-corrected chi connectivity index (χ0v) is 6.90. The Morgan fingerprint density at radius 3 is 2.00 bits per heavy atom. The van der Waals surface area contributed by atoms with Crippen molar-refractivity contribution in [1.82, 2.24) is 0 Å². The SMILES string of the molecule is C=CC(=O)O.CCC[NH3+].[Cl-]. The number of hydrogen-bond acceptors (Lipinski definition) is 1. The standard InChI is InChI=1S/C3H9N.C3H4O2.ClH/c1-2-3-4;1-2-3(4)5;/h2-4H2,1H3;2H,1H2,(H,4,5);1H. The molecule has 62 valence electrons. The lowest BCUT2D eigenvalue weighted by molar-refractivity contribution is -0.367. The number of rotatable bonds is 2. The van der Waals surface area contributed by atoms with Gasteiger partial charge in [-0.1, -0.05) is 13.5 Å². The number of halogens is 1. The summed E-state index contributed by atoms with van der Waals surface area (Å²) in [5.41, 5.74) is 3.60. The van der Waals surface area contributed by atoms with Gasteiger partial charge in [0.25, 0.3) is 0 Å². The molecule has 10 heavy (non-hydrogen) atoms. The minimum atomic E-state index is -0.981. The van der Waals surface area contributed by atoms with E-state index >= 15 is 0 Å². The third-order valence-electron chi connectivity index (χ3n) is 0.528. The summed E-state index contributed by atoms with van der Waals surface area (Å²) >= 11 is 0. The molecule has 0 bridgehead atoms. The topological polar surface area (TPSA) is 64.9 Å². The van der Waals surface area contributed by atoms with E-state index < -0.39 is 5.97 Å². The fourth-order valence-corrected chi connectivity index (χ4v) is 0. The highest BCUT2D eigenvalue weighted by atomic mass is 35.5. The van der Waals surface area contributed by atoms with Crippen LogP contribution in [0.15, 0.2) is 12.7 Å². The van der Waals surface area contributed by atoms with Gasteiger partial charge in [0, 0.05) is 6.08 Å². The van der Waals surface area contributed by atoms with E-state index in [0.717, 1.165) is 12.6 Å². The fourth-order valence-electron chi connectivity index (χ4n) is 0. The van der Waals surface area contributed by atoms with Crippen molar-refractivity contribution in [2.45, 2.75) is 13.3 Å². The molecular formula is C6H14ClNO2. The largest absolute Gasteiger partial charge is 1.00 e. The average Bonchev–Trinajstić information content (AvgIpc) is 1.89. The maximum atomic E-state index is 9.25. The highest BCUT2D eigenvalue weighted by molar-refractivity contribution is 5.78. The first-order valence-corrected chi connectivity index (χ1v) is 2.83. The van der Waals surface area contributed by atoms with Gasteiger partial charge in [0.1, 0.15) is 0 Å². The average molecular weight is 168 g/mol. The number of carbonyl (C=O) groups is 1. The van der Waals surface area contributed by atoms with E-state index in [1.165, 1.54) is 6.42 Å². The lowest BCUT2D eigenvalue weighted by atomic mass is 10.5. The molecule has 0 spiro atoms. The van der Waals surface area contributed by atoms with Crippen LogP contribution in [0.3, 0.4) is 0 Å². The van der Waals surface area contributed by atoms with Crippen LogP contribution in [0.1, 0.15) is 13.3 Å². The van der Waals surface area contributed by atoms with Crippen molar-refractivity contribution in [3.63, 3.8) is 0 Å². The fraction of sp³-hybridized carbons (Fsp3) is 0.500. The monoisotopic (exact) mass is 167 g/mol. The van der Waals surface area contributed by atoms with Crippen molar-refractivity contribution in [2.75, 3.05) is 6.54 Å². The summed E-state index contributed by atoms with van der Waals surface area (Å²) in [5, 5.41) is 7.60. The number of hydrogen-bond donors (Lipinski definition) is 2. The van der Waals surface area contributed by atoms with Gasteiger partial charge in [0.05, 0.1) is 6.54 Å². The molecule has 3 nitrogen and oxygen atoms in total.